The SMILES string of the molecule is CCSc1cc(C(F)(F)F)ccc1C1=NC(C)/C(=C\C(=C/N)C(F)(F)F)N1. The molecule has 10 heteroatoms. The topological polar surface area (TPSA) is 50.4 Å². The maximum atomic E-state index is 12.9. The molecule has 1 aliphatic rings. The maximum absolute atomic E-state index is 12.9. The van der Waals surface area contributed by atoms with Gasteiger partial charge in [0, 0.05) is 22.4 Å². The molecule has 0 radical (unpaired) electrons. The fourth-order valence-corrected chi connectivity index (χ4v) is 3.23. The van der Waals surface area contributed by atoms with Gasteiger partial charge in [-0.05, 0) is 37.0 Å². The summed E-state index contributed by atoms with van der Waals surface area (Å²) in [5.41, 5.74) is 3.77. The number of nitrogens with one attached hydrogen (secondary N) is 1. The minimum Gasteiger partial charge on any atom is -0.404 e. The van der Waals surface area contributed by atoms with Crippen molar-refractivity contribution in [2.45, 2.75) is 37.1 Å². The number of benzene rings is 1. The molecule has 0 aromatic heterocycles. The van der Waals surface area contributed by atoms with E-state index < -0.39 is 29.5 Å². The van der Waals surface area contributed by atoms with Gasteiger partial charge < -0.3 is 11.1 Å². The minimum absolute atomic E-state index is 0.159. The zero-order chi connectivity index (χ0) is 20.4. The van der Waals surface area contributed by atoms with Crippen LogP contribution in [-0.4, -0.2) is 23.8 Å². The van der Waals surface area contributed by atoms with Crippen molar-refractivity contribution in [2.75, 3.05) is 5.75 Å². The van der Waals surface area contributed by atoms with E-state index in [1.54, 1.807) is 13.8 Å². The Morgan fingerprint density at radius 3 is 2.44 bits per heavy atom. The molecule has 1 aromatic rings. The van der Waals surface area contributed by atoms with Gasteiger partial charge in [0.05, 0.1) is 17.2 Å². The van der Waals surface area contributed by atoms with Gasteiger partial charge >= 0.3 is 12.4 Å². The van der Waals surface area contributed by atoms with Gasteiger partial charge in [-0.1, -0.05) is 6.92 Å². The molecule has 1 aliphatic heterocycles. The first kappa shape index (κ1) is 21.2. The molecule has 0 saturated heterocycles. The third-order valence-electron chi connectivity index (χ3n) is 3.72. The zero-order valence-corrected chi connectivity index (χ0v) is 15.2. The summed E-state index contributed by atoms with van der Waals surface area (Å²) in [6, 6.07) is 2.58. The lowest BCUT2D eigenvalue weighted by Gasteiger charge is -2.14. The second kappa shape index (κ2) is 7.87. The standard InChI is InChI=1S/C17H17F6N3S/c1-3-27-14-7-10(16(18,19)20)4-5-12(14)15-25-9(2)13(26-15)6-11(8-24)17(21,22)23/h4-9H,3,24H2,1-2H3,(H,25,26)/b11-8+,13-6+. The van der Waals surface area contributed by atoms with E-state index in [1.807, 2.05) is 0 Å². The lowest BCUT2D eigenvalue weighted by molar-refractivity contribution is -0.137. The van der Waals surface area contributed by atoms with Crippen molar-refractivity contribution in [3.63, 3.8) is 0 Å². The third-order valence-corrected chi connectivity index (χ3v) is 4.65. The Balaban J connectivity index is 2.39. The second-order valence-corrected chi connectivity index (χ2v) is 6.95. The lowest BCUT2D eigenvalue weighted by atomic mass is 10.1. The molecule has 2 rings (SSSR count). The summed E-state index contributed by atoms with van der Waals surface area (Å²) in [6.07, 6.45) is -7.81. The molecule has 148 valence electrons. The van der Waals surface area contributed by atoms with E-state index in [0.29, 0.717) is 22.4 Å². The Bertz CT molecular complexity index is 793. The normalized spacial score (nSPS) is 20.0. The van der Waals surface area contributed by atoms with Crippen LogP contribution in [0.5, 0.6) is 0 Å². The van der Waals surface area contributed by atoms with Crippen molar-refractivity contribution in [1.29, 1.82) is 0 Å². The first-order valence-electron chi connectivity index (χ1n) is 7.87. The molecule has 0 fully saturated rings. The molecule has 1 heterocycles. The number of nitrogens with zero attached hydrogens (tertiary/aromatic N) is 1. The quantitative estimate of drug-likeness (QED) is 0.553. The monoisotopic (exact) mass is 409 g/mol. The van der Waals surface area contributed by atoms with Crippen LogP contribution < -0.4 is 11.1 Å². The molecule has 3 nitrogen and oxygen atoms in total. The van der Waals surface area contributed by atoms with Gasteiger partial charge in [0.25, 0.3) is 0 Å². The van der Waals surface area contributed by atoms with Crippen molar-refractivity contribution in [2.24, 2.45) is 10.7 Å². The maximum Gasteiger partial charge on any atom is 0.417 e. The fourth-order valence-electron chi connectivity index (χ4n) is 2.39. The van der Waals surface area contributed by atoms with Gasteiger partial charge in [-0.25, -0.2) is 0 Å². The highest BCUT2D eigenvalue weighted by molar-refractivity contribution is 7.99. The highest BCUT2D eigenvalue weighted by atomic mass is 32.2. The number of nitrogens with two attached hydrogens (primary N) is 1. The second-order valence-electron chi connectivity index (χ2n) is 5.64. The Morgan fingerprint density at radius 1 is 1.26 bits per heavy atom. The molecule has 1 aromatic carbocycles. The minimum atomic E-state index is -4.62. The molecule has 27 heavy (non-hydrogen) atoms. The number of aliphatic imine (C=N–C) groups is 1. The number of thioether (sulfide) groups is 1. The summed E-state index contributed by atoms with van der Waals surface area (Å²) in [5.74, 6) is 0.741. The molecule has 1 atom stereocenters. The van der Waals surface area contributed by atoms with E-state index in [2.05, 4.69) is 10.3 Å². The molecule has 0 bridgehead atoms. The van der Waals surface area contributed by atoms with Gasteiger partial charge in [-0.3, -0.25) is 4.99 Å². The Morgan fingerprint density at radius 2 is 1.93 bits per heavy atom. The molecule has 3 N–H and O–H groups in total. The fraction of sp³-hybridized carbons (Fsp3) is 0.353. The summed E-state index contributed by atoms with van der Waals surface area (Å²) in [5, 5.41) is 2.77. The number of allylic oxidation sites excluding steroid dienone is 2. The highest BCUT2D eigenvalue weighted by Crippen LogP contribution is 2.35. The van der Waals surface area contributed by atoms with E-state index in [0.717, 1.165) is 18.2 Å². The van der Waals surface area contributed by atoms with E-state index >= 15 is 0 Å². The van der Waals surface area contributed by atoms with Crippen molar-refractivity contribution in [1.82, 2.24) is 5.32 Å². The molecule has 1 unspecified atom stereocenters. The molecule has 0 amide bonds. The van der Waals surface area contributed by atoms with E-state index in [9.17, 15) is 26.3 Å². The number of rotatable bonds is 4. The van der Waals surface area contributed by atoms with E-state index in [1.165, 1.54) is 17.8 Å². The molecule has 0 saturated carbocycles. The summed E-state index contributed by atoms with van der Waals surface area (Å²) in [7, 11) is 0. The average Bonchev–Trinajstić information content (AvgIpc) is 2.91. The number of hydrogen-bond acceptors (Lipinski definition) is 4. The average molecular weight is 409 g/mol. The van der Waals surface area contributed by atoms with Crippen LogP contribution in [0.2, 0.25) is 0 Å². The number of amidine groups is 1. The third kappa shape index (κ3) is 5.00. The number of halogens is 6. The van der Waals surface area contributed by atoms with Crippen LogP contribution in [0.15, 0.2) is 51.6 Å². The van der Waals surface area contributed by atoms with E-state index in [-0.39, 0.29) is 11.5 Å². The van der Waals surface area contributed by atoms with Crippen molar-refractivity contribution < 1.29 is 26.3 Å². The van der Waals surface area contributed by atoms with Gasteiger partial charge in [-0.2, -0.15) is 26.3 Å². The Labute approximate surface area is 156 Å². The van der Waals surface area contributed by atoms with Gasteiger partial charge in [0.1, 0.15) is 5.84 Å². The number of hydrogen-bond donors (Lipinski definition) is 2. The predicted octanol–water partition coefficient (Wildman–Crippen LogP) is 4.84. The highest BCUT2D eigenvalue weighted by Gasteiger charge is 2.34. The van der Waals surface area contributed by atoms with E-state index in [4.69, 9.17) is 5.73 Å². The van der Waals surface area contributed by atoms with Crippen molar-refractivity contribution in [3.05, 3.63) is 52.9 Å². The van der Waals surface area contributed by atoms with Gasteiger partial charge in [0.2, 0.25) is 0 Å². The van der Waals surface area contributed by atoms with Crippen molar-refractivity contribution in [3.8, 4) is 0 Å². The van der Waals surface area contributed by atoms with Gasteiger partial charge in [-0.15, -0.1) is 11.8 Å². The van der Waals surface area contributed by atoms with Crippen molar-refractivity contribution >= 4 is 17.6 Å². The number of alkyl halides is 6. The Hall–Kier alpha value is -2.10. The van der Waals surface area contributed by atoms with Crippen LogP contribution in [0.25, 0.3) is 0 Å². The smallest absolute Gasteiger partial charge is 0.404 e. The molecule has 0 aliphatic carbocycles. The zero-order valence-electron chi connectivity index (χ0n) is 14.4. The summed E-state index contributed by atoms with van der Waals surface area (Å²) in [6.45, 7) is 3.36. The molecular weight excluding hydrogens is 392 g/mol. The first-order valence-corrected chi connectivity index (χ1v) is 8.85. The van der Waals surface area contributed by atoms with Gasteiger partial charge in [0.15, 0.2) is 0 Å². The molecule has 0 spiro atoms. The first-order chi connectivity index (χ1) is 12.5. The molecular formula is C17H17F6N3S. The van der Waals surface area contributed by atoms with Crippen LogP contribution in [0, 0.1) is 0 Å². The van der Waals surface area contributed by atoms with Crippen LogP contribution in [-0.2, 0) is 6.18 Å². The van der Waals surface area contributed by atoms with Crippen LogP contribution in [0.1, 0.15) is 25.0 Å². The summed E-state index contributed by atoms with van der Waals surface area (Å²) in [4.78, 5) is 4.60. The van der Waals surface area contributed by atoms with Crippen LogP contribution >= 0.6 is 11.8 Å². The summed E-state index contributed by atoms with van der Waals surface area (Å²) >= 11 is 1.19. The summed E-state index contributed by atoms with van der Waals surface area (Å²) < 4.78 is 77.5. The largest absolute Gasteiger partial charge is 0.417 e. The van der Waals surface area contributed by atoms with Crippen LogP contribution in [0.3, 0.4) is 0 Å². The lowest BCUT2D eigenvalue weighted by Crippen LogP contribution is -2.22. The predicted molar refractivity (Wildman–Crippen MR) is 93.4 cm³/mol. The van der Waals surface area contributed by atoms with Crippen LogP contribution in [0.4, 0.5) is 26.3 Å². The Kier molecular flexibility index (Phi) is 6.18.